The number of aromatic nitrogens is 1. The standard InChI is InChI=1S/C16H22N2O3/c1-3-11-8-12(13(9-11)16(20)21)15(19)18-10(2)14-6-4-5-7-17-14/h4-7,10-13H,3,8-9H2,1-2H3,(H,18,19)(H,20,21)/t10-,11?,12+,13-/m1/s1. The second-order valence-electron chi connectivity index (χ2n) is 5.78. The van der Waals surface area contributed by atoms with Crippen molar-refractivity contribution in [3.05, 3.63) is 30.1 Å². The molecular weight excluding hydrogens is 268 g/mol. The van der Waals surface area contributed by atoms with Crippen molar-refractivity contribution < 1.29 is 14.7 Å². The smallest absolute Gasteiger partial charge is 0.307 e. The van der Waals surface area contributed by atoms with Crippen LogP contribution in [0.4, 0.5) is 0 Å². The molecule has 4 atom stereocenters. The van der Waals surface area contributed by atoms with Crippen LogP contribution in [-0.4, -0.2) is 22.0 Å². The number of aliphatic carboxylic acids is 1. The van der Waals surface area contributed by atoms with Gasteiger partial charge in [0.25, 0.3) is 0 Å². The van der Waals surface area contributed by atoms with Gasteiger partial charge in [0.15, 0.2) is 0 Å². The zero-order valence-corrected chi connectivity index (χ0v) is 12.5. The Bertz CT molecular complexity index is 504. The van der Waals surface area contributed by atoms with E-state index < -0.39 is 17.8 Å². The third-order valence-electron chi connectivity index (χ3n) is 4.38. The minimum absolute atomic E-state index is 0.170. The third-order valence-corrected chi connectivity index (χ3v) is 4.38. The van der Waals surface area contributed by atoms with Crippen LogP contribution in [0.25, 0.3) is 0 Å². The van der Waals surface area contributed by atoms with E-state index in [0.29, 0.717) is 18.8 Å². The number of carbonyl (C=O) groups excluding carboxylic acids is 1. The van der Waals surface area contributed by atoms with Crippen LogP contribution in [0.15, 0.2) is 24.4 Å². The summed E-state index contributed by atoms with van der Waals surface area (Å²) in [5.41, 5.74) is 0.780. The maximum absolute atomic E-state index is 12.4. The Morgan fingerprint density at radius 3 is 2.67 bits per heavy atom. The molecule has 1 fully saturated rings. The van der Waals surface area contributed by atoms with Crippen molar-refractivity contribution in [3.8, 4) is 0 Å². The zero-order chi connectivity index (χ0) is 15.4. The highest BCUT2D eigenvalue weighted by Gasteiger charge is 2.42. The molecule has 1 aromatic rings. The normalized spacial score (nSPS) is 26.3. The van der Waals surface area contributed by atoms with Crippen LogP contribution in [0.3, 0.4) is 0 Å². The molecule has 114 valence electrons. The monoisotopic (exact) mass is 290 g/mol. The summed E-state index contributed by atoms with van der Waals surface area (Å²) in [6.45, 7) is 3.91. The molecule has 21 heavy (non-hydrogen) atoms. The first-order chi connectivity index (χ1) is 10.0. The fourth-order valence-electron chi connectivity index (χ4n) is 3.07. The number of nitrogens with zero attached hydrogens (tertiary/aromatic N) is 1. The van der Waals surface area contributed by atoms with E-state index in [4.69, 9.17) is 0 Å². The average Bonchev–Trinajstić information content (AvgIpc) is 2.92. The number of nitrogens with one attached hydrogen (secondary N) is 1. The topological polar surface area (TPSA) is 79.3 Å². The van der Waals surface area contributed by atoms with E-state index in [-0.39, 0.29) is 11.9 Å². The minimum Gasteiger partial charge on any atom is -0.481 e. The Kier molecular flexibility index (Phi) is 4.94. The van der Waals surface area contributed by atoms with E-state index in [0.717, 1.165) is 12.1 Å². The first kappa shape index (κ1) is 15.5. The summed E-state index contributed by atoms with van der Waals surface area (Å²) in [5.74, 6) is -1.70. The Morgan fingerprint density at radius 2 is 2.10 bits per heavy atom. The molecule has 1 heterocycles. The number of carbonyl (C=O) groups is 2. The lowest BCUT2D eigenvalue weighted by atomic mass is 9.95. The molecule has 1 saturated carbocycles. The lowest BCUT2D eigenvalue weighted by Crippen LogP contribution is -2.36. The summed E-state index contributed by atoms with van der Waals surface area (Å²) in [6.07, 6.45) is 3.86. The molecule has 2 rings (SSSR count). The van der Waals surface area contributed by atoms with E-state index >= 15 is 0 Å². The van der Waals surface area contributed by atoms with Crippen LogP contribution in [0.5, 0.6) is 0 Å². The molecule has 1 aliphatic rings. The van der Waals surface area contributed by atoms with Gasteiger partial charge in [-0.25, -0.2) is 0 Å². The first-order valence-electron chi connectivity index (χ1n) is 7.47. The van der Waals surface area contributed by atoms with Crippen molar-refractivity contribution in [1.29, 1.82) is 0 Å². The number of hydrogen-bond donors (Lipinski definition) is 2. The average molecular weight is 290 g/mol. The first-order valence-corrected chi connectivity index (χ1v) is 7.47. The van der Waals surface area contributed by atoms with Crippen molar-refractivity contribution in [2.75, 3.05) is 0 Å². The SMILES string of the molecule is CCC1C[C@H](C(=O)N[C@H](C)c2ccccn2)[C@H](C(=O)O)C1. The molecule has 0 aliphatic heterocycles. The maximum Gasteiger partial charge on any atom is 0.307 e. The van der Waals surface area contributed by atoms with Gasteiger partial charge in [0.1, 0.15) is 0 Å². The van der Waals surface area contributed by atoms with Gasteiger partial charge in [-0.05, 0) is 37.8 Å². The van der Waals surface area contributed by atoms with Gasteiger partial charge < -0.3 is 10.4 Å². The molecule has 5 heteroatoms. The molecule has 2 N–H and O–H groups in total. The highest BCUT2D eigenvalue weighted by molar-refractivity contribution is 5.85. The summed E-state index contributed by atoms with van der Waals surface area (Å²) < 4.78 is 0. The Morgan fingerprint density at radius 1 is 1.38 bits per heavy atom. The molecule has 0 radical (unpaired) electrons. The number of amides is 1. The van der Waals surface area contributed by atoms with Crippen LogP contribution in [0, 0.1) is 17.8 Å². The molecule has 1 aromatic heterocycles. The second kappa shape index (κ2) is 6.70. The van der Waals surface area contributed by atoms with Gasteiger partial charge in [0, 0.05) is 6.20 Å². The van der Waals surface area contributed by atoms with Crippen molar-refractivity contribution in [2.45, 2.75) is 39.2 Å². The number of hydrogen-bond acceptors (Lipinski definition) is 3. The molecule has 1 amide bonds. The number of carboxylic acids is 1. The van der Waals surface area contributed by atoms with E-state index in [1.807, 2.05) is 32.0 Å². The van der Waals surface area contributed by atoms with E-state index in [1.54, 1.807) is 6.20 Å². The quantitative estimate of drug-likeness (QED) is 0.872. The summed E-state index contributed by atoms with van der Waals surface area (Å²) in [4.78, 5) is 28.0. The Balaban J connectivity index is 2.03. The molecule has 0 saturated heterocycles. The van der Waals surface area contributed by atoms with Gasteiger partial charge in [-0.2, -0.15) is 0 Å². The lowest BCUT2D eigenvalue weighted by molar-refractivity contribution is -0.146. The van der Waals surface area contributed by atoms with E-state index in [1.165, 1.54) is 0 Å². The summed E-state index contributed by atoms with van der Waals surface area (Å²) in [6, 6.07) is 5.33. The lowest BCUT2D eigenvalue weighted by Gasteiger charge is -2.19. The number of carboxylic acid groups (broad SMARTS) is 1. The van der Waals surface area contributed by atoms with E-state index in [9.17, 15) is 14.7 Å². The van der Waals surface area contributed by atoms with Crippen LogP contribution < -0.4 is 5.32 Å². The van der Waals surface area contributed by atoms with Crippen LogP contribution >= 0.6 is 0 Å². The fraction of sp³-hybridized carbons (Fsp3) is 0.562. The molecule has 0 bridgehead atoms. The van der Waals surface area contributed by atoms with Gasteiger partial charge in [0.2, 0.25) is 5.91 Å². The predicted molar refractivity (Wildman–Crippen MR) is 78.4 cm³/mol. The summed E-state index contributed by atoms with van der Waals surface area (Å²) in [7, 11) is 0. The van der Waals surface area contributed by atoms with Crippen molar-refractivity contribution in [2.24, 2.45) is 17.8 Å². The minimum atomic E-state index is -0.864. The maximum atomic E-state index is 12.4. The van der Waals surface area contributed by atoms with E-state index in [2.05, 4.69) is 10.3 Å². The van der Waals surface area contributed by atoms with Crippen molar-refractivity contribution >= 4 is 11.9 Å². The van der Waals surface area contributed by atoms with Crippen LogP contribution in [-0.2, 0) is 9.59 Å². The largest absolute Gasteiger partial charge is 0.481 e. The van der Waals surface area contributed by atoms with Crippen molar-refractivity contribution in [3.63, 3.8) is 0 Å². The van der Waals surface area contributed by atoms with Gasteiger partial charge in [-0.1, -0.05) is 19.4 Å². The summed E-state index contributed by atoms with van der Waals surface area (Å²) in [5, 5.41) is 12.2. The van der Waals surface area contributed by atoms with Crippen molar-refractivity contribution in [1.82, 2.24) is 10.3 Å². The highest BCUT2D eigenvalue weighted by Crippen LogP contribution is 2.38. The zero-order valence-electron chi connectivity index (χ0n) is 12.5. The predicted octanol–water partition coefficient (Wildman–Crippen LogP) is 2.40. The molecule has 5 nitrogen and oxygen atoms in total. The van der Waals surface area contributed by atoms with Gasteiger partial charge in [0.05, 0.1) is 23.6 Å². The molecule has 0 aromatic carbocycles. The van der Waals surface area contributed by atoms with Gasteiger partial charge in [-0.15, -0.1) is 0 Å². The van der Waals surface area contributed by atoms with Gasteiger partial charge >= 0.3 is 5.97 Å². The molecule has 0 spiro atoms. The van der Waals surface area contributed by atoms with Crippen LogP contribution in [0.1, 0.15) is 44.8 Å². The number of rotatable bonds is 5. The number of pyridine rings is 1. The van der Waals surface area contributed by atoms with Gasteiger partial charge in [-0.3, -0.25) is 14.6 Å². The van der Waals surface area contributed by atoms with Crippen LogP contribution in [0.2, 0.25) is 0 Å². The Hall–Kier alpha value is -1.91. The Labute approximate surface area is 124 Å². The molecule has 1 unspecified atom stereocenters. The third kappa shape index (κ3) is 3.60. The fourth-order valence-corrected chi connectivity index (χ4v) is 3.07. The molecule has 1 aliphatic carbocycles. The highest BCUT2D eigenvalue weighted by atomic mass is 16.4. The summed E-state index contributed by atoms with van der Waals surface area (Å²) >= 11 is 0. The molecular formula is C16H22N2O3. The second-order valence-corrected chi connectivity index (χ2v) is 5.78.